The van der Waals surface area contributed by atoms with Gasteiger partial charge in [-0.25, -0.2) is 8.42 Å². The monoisotopic (exact) mass is 464 g/mol. The number of sulfonamides is 1. The van der Waals surface area contributed by atoms with Crippen LogP contribution in [-0.2, 0) is 14.8 Å². The number of thioether (sulfide) groups is 1. The molecule has 0 fully saturated rings. The average molecular weight is 465 g/mol. The molecule has 0 bridgehead atoms. The first-order valence-electron chi connectivity index (χ1n) is 8.78. The topological polar surface area (TPSA) is 101 Å². The normalized spacial score (nSPS) is 12.2. The number of amides is 1. The van der Waals surface area contributed by atoms with Crippen molar-refractivity contribution >= 4 is 49.8 Å². The predicted molar refractivity (Wildman–Crippen MR) is 120 cm³/mol. The highest BCUT2D eigenvalue weighted by Gasteiger charge is 2.29. The molecule has 0 unspecified atom stereocenters. The van der Waals surface area contributed by atoms with Gasteiger partial charge in [0.25, 0.3) is 0 Å². The van der Waals surface area contributed by atoms with Gasteiger partial charge in [0.1, 0.15) is 17.5 Å². The first-order chi connectivity index (χ1) is 14.3. The molecule has 30 heavy (non-hydrogen) atoms. The second kappa shape index (κ2) is 9.45. The minimum absolute atomic E-state index is 0.316. The first kappa shape index (κ1) is 22.1. The van der Waals surface area contributed by atoms with Crippen molar-refractivity contribution in [1.82, 2.24) is 10.2 Å². The van der Waals surface area contributed by atoms with Crippen LogP contribution in [0.25, 0.3) is 0 Å². The first-order valence-corrected chi connectivity index (χ1v) is 12.7. The lowest BCUT2D eigenvalue weighted by molar-refractivity contribution is -0.116. The van der Waals surface area contributed by atoms with E-state index in [1.807, 2.05) is 36.6 Å². The molecule has 3 aromatic rings. The Kier molecular flexibility index (Phi) is 6.95. The zero-order valence-electron chi connectivity index (χ0n) is 16.5. The van der Waals surface area contributed by atoms with E-state index >= 15 is 0 Å². The molecule has 0 radical (unpaired) electrons. The van der Waals surface area contributed by atoms with Crippen molar-refractivity contribution in [3.05, 3.63) is 54.6 Å². The third-order valence-electron chi connectivity index (χ3n) is 3.97. The fraction of sp³-hybridized carbons (Fsp3) is 0.211. The fourth-order valence-corrected chi connectivity index (χ4v) is 4.99. The number of nitrogens with zero attached hydrogens (tertiary/aromatic N) is 3. The lowest BCUT2D eigenvalue weighted by Gasteiger charge is -2.28. The predicted octanol–water partition coefficient (Wildman–Crippen LogP) is 3.85. The molecule has 11 heteroatoms. The highest BCUT2D eigenvalue weighted by molar-refractivity contribution is 8.00. The molecular weight excluding hydrogens is 444 g/mol. The summed E-state index contributed by atoms with van der Waals surface area (Å²) in [6.45, 7) is 1.52. The van der Waals surface area contributed by atoms with Crippen molar-refractivity contribution in [1.29, 1.82) is 0 Å². The van der Waals surface area contributed by atoms with Crippen molar-refractivity contribution in [2.75, 3.05) is 22.1 Å². The van der Waals surface area contributed by atoms with Crippen LogP contribution >= 0.6 is 23.1 Å². The Morgan fingerprint density at radius 2 is 1.73 bits per heavy atom. The maximum absolute atomic E-state index is 12.7. The van der Waals surface area contributed by atoms with Gasteiger partial charge in [-0.3, -0.25) is 14.4 Å². The smallest absolute Gasteiger partial charge is 0.249 e. The van der Waals surface area contributed by atoms with Gasteiger partial charge in [-0.05, 0) is 49.6 Å². The number of benzene rings is 2. The summed E-state index contributed by atoms with van der Waals surface area (Å²) in [6.07, 6.45) is 2.91. The Morgan fingerprint density at radius 3 is 2.30 bits per heavy atom. The third kappa shape index (κ3) is 5.49. The number of carbonyl (C=O) groups is 1. The molecule has 0 aliphatic carbocycles. The fourth-order valence-electron chi connectivity index (χ4n) is 2.65. The van der Waals surface area contributed by atoms with Crippen LogP contribution < -0.4 is 14.4 Å². The van der Waals surface area contributed by atoms with Gasteiger partial charge in [-0.2, -0.15) is 0 Å². The number of para-hydroxylation sites is 1. The molecular formula is C19H20N4O4S3. The number of carbonyl (C=O) groups excluding carboxylic acids is 1. The molecule has 3 rings (SSSR count). The number of aromatic nitrogens is 2. The molecule has 1 aromatic heterocycles. The lowest BCUT2D eigenvalue weighted by Crippen LogP contribution is -2.45. The molecule has 1 heterocycles. The Balaban J connectivity index is 1.78. The molecule has 0 aliphatic heterocycles. The molecule has 0 spiro atoms. The third-order valence-corrected chi connectivity index (χ3v) is 7.03. The molecule has 0 aliphatic rings. The van der Waals surface area contributed by atoms with Gasteiger partial charge in [0.05, 0.1) is 11.9 Å². The number of hydrogen-bond donors (Lipinski definition) is 1. The molecule has 1 N–H and O–H groups in total. The van der Waals surface area contributed by atoms with E-state index in [-0.39, 0.29) is 0 Å². The van der Waals surface area contributed by atoms with E-state index in [1.54, 1.807) is 24.3 Å². The molecule has 2 aromatic carbocycles. The number of ether oxygens (including phenoxy) is 1. The highest BCUT2D eigenvalue weighted by Crippen LogP contribution is 2.28. The Morgan fingerprint density at radius 1 is 1.10 bits per heavy atom. The van der Waals surface area contributed by atoms with Crippen LogP contribution in [-0.4, -0.2) is 43.1 Å². The Labute approximate surface area is 183 Å². The maximum Gasteiger partial charge on any atom is 0.249 e. The van der Waals surface area contributed by atoms with Crippen molar-refractivity contribution in [2.24, 2.45) is 0 Å². The lowest BCUT2D eigenvalue weighted by atomic mass is 10.2. The minimum atomic E-state index is -3.73. The van der Waals surface area contributed by atoms with E-state index in [0.29, 0.717) is 26.7 Å². The molecule has 1 amide bonds. The van der Waals surface area contributed by atoms with Crippen LogP contribution in [0.1, 0.15) is 6.92 Å². The van der Waals surface area contributed by atoms with Crippen molar-refractivity contribution in [2.45, 2.75) is 17.3 Å². The summed E-state index contributed by atoms with van der Waals surface area (Å²) in [6, 6.07) is 14.7. The van der Waals surface area contributed by atoms with Gasteiger partial charge in [-0.1, -0.05) is 41.3 Å². The summed E-state index contributed by atoms with van der Waals surface area (Å²) in [4.78, 5) is 12.7. The van der Waals surface area contributed by atoms with Gasteiger partial charge >= 0.3 is 0 Å². The van der Waals surface area contributed by atoms with Gasteiger partial charge < -0.3 is 4.74 Å². The summed E-state index contributed by atoms with van der Waals surface area (Å²) in [5, 5.41) is 10.7. The summed E-state index contributed by atoms with van der Waals surface area (Å²) >= 11 is 2.63. The molecule has 158 valence electrons. The van der Waals surface area contributed by atoms with Gasteiger partial charge in [0, 0.05) is 0 Å². The van der Waals surface area contributed by atoms with Crippen molar-refractivity contribution in [3.63, 3.8) is 0 Å². The van der Waals surface area contributed by atoms with E-state index in [0.717, 1.165) is 10.6 Å². The van der Waals surface area contributed by atoms with Crippen molar-refractivity contribution in [3.8, 4) is 11.5 Å². The van der Waals surface area contributed by atoms with Crippen molar-refractivity contribution < 1.29 is 17.9 Å². The van der Waals surface area contributed by atoms with E-state index in [2.05, 4.69) is 15.5 Å². The molecule has 8 nitrogen and oxygen atoms in total. The second-order valence-corrected chi connectivity index (χ2v) is 10.1. The quantitative estimate of drug-likeness (QED) is 0.399. The Bertz CT molecular complexity index is 1100. The zero-order chi connectivity index (χ0) is 21.7. The van der Waals surface area contributed by atoms with Gasteiger partial charge in [0.2, 0.25) is 21.1 Å². The van der Waals surface area contributed by atoms with Crippen LogP contribution in [0.2, 0.25) is 0 Å². The van der Waals surface area contributed by atoms with E-state index in [4.69, 9.17) is 4.74 Å². The largest absolute Gasteiger partial charge is 0.457 e. The average Bonchev–Trinajstić information content (AvgIpc) is 3.16. The van der Waals surface area contributed by atoms with Crippen LogP contribution in [0, 0.1) is 0 Å². The van der Waals surface area contributed by atoms with Crippen LogP contribution in [0.3, 0.4) is 0 Å². The van der Waals surface area contributed by atoms with E-state index < -0.39 is 22.0 Å². The number of hydrogen-bond acceptors (Lipinski definition) is 8. The summed E-state index contributed by atoms with van der Waals surface area (Å²) in [7, 11) is -3.73. The van der Waals surface area contributed by atoms with E-state index in [1.165, 1.54) is 30.0 Å². The summed E-state index contributed by atoms with van der Waals surface area (Å²) < 4.78 is 32.4. The Hall–Kier alpha value is -2.63. The number of nitrogens with one attached hydrogen (secondary N) is 1. The zero-order valence-corrected chi connectivity index (χ0v) is 18.9. The molecule has 0 saturated carbocycles. The minimum Gasteiger partial charge on any atom is -0.457 e. The molecule has 1 atom stereocenters. The molecule has 0 saturated heterocycles. The van der Waals surface area contributed by atoms with E-state index in [9.17, 15) is 13.2 Å². The van der Waals surface area contributed by atoms with Gasteiger partial charge in [-0.15, -0.1) is 10.2 Å². The van der Waals surface area contributed by atoms with Crippen LogP contribution in [0.4, 0.5) is 10.8 Å². The highest BCUT2D eigenvalue weighted by atomic mass is 32.2. The number of rotatable bonds is 8. The number of anilines is 2. The summed E-state index contributed by atoms with van der Waals surface area (Å²) in [5.41, 5.74) is 0.350. The summed E-state index contributed by atoms with van der Waals surface area (Å²) in [5.74, 6) is 0.711. The maximum atomic E-state index is 12.7. The second-order valence-electron chi connectivity index (χ2n) is 6.21. The SMILES string of the molecule is CSc1nnc(NC(=O)[C@H](C)N(c2ccc(Oc3ccccc3)cc2)S(C)(=O)=O)s1. The van der Waals surface area contributed by atoms with Crippen LogP contribution in [0.5, 0.6) is 11.5 Å². The van der Waals surface area contributed by atoms with Crippen LogP contribution in [0.15, 0.2) is 58.9 Å². The standard InChI is InChI=1S/C19H20N4O4S3/c1-13(17(24)20-18-21-22-19(28-2)29-18)23(30(3,25)26)14-9-11-16(12-10-14)27-15-7-5-4-6-8-15/h4-13H,1-3H3,(H,20,21,24)/t13-/m0/s1. The van der Waals surface area contributed by atoms with Gasteiger partial charge in [0.15, 0.2) is 4.34 Å².